The molecule has 0 aromatic carbocycles. The van der Waals surface area contributed by atoms with Crippen LogP contribution in [0.15, 0.2) is 18.5 Å². The second-order valence-electron chi connectivity index (χ2n) is 4.28. The highest BCUT2D eigenvalue weighted by Crippen LogP contribution is 2.26. The van der Waals surface area contributed by atoms with Crippen molar-refractivity contribution in [1.29, 1.82) is 5.26 Å². The zero-order chi connectivity index (χ0) is 9.90. The van der Waals surface area contributed by atoms with E-state index in [9.17, 15) is 0 Å². The molecule has 1 heterocycles. The van der Waals surface area contributed by atoms with Crippen LogP contribution in [0.25, 0.3) is 0 Å². The highest BCUT2D eigenvalue weighted by Gasteiger charge is 2.24. The molecule has 0 saturated carbocycles. The van der Waals surface area contributed by atoms with Crippen molar-refractivity contribution in [1.82, 2.24) is 9.78 Å². The maximum absolute atomic E-state index is 8.97. The quantitative estimate of drug-likeness (QED) is 0.694. The Morgan fingerprint density at radius 2 is 2.23 bits per heavy atom. The van der Waals surface area contributed by atoms with Crippen LogP contribution in [0.3, 0.4) is 0 Å². The summed E-state index contributed by atoms with van der Waals surface area (Å²) in [5, 5.41) is 13.1. The normalized spacial score (nSPS) is 13.7. The molecule has 70 valence electrons. The number of hydrogen-bond acceptors (Lipinski definition) is 2. The molecule has 1 aromatic rings. The van der Waals surface area contributed by atoms with E-state index in [0.717, 1.165) is 0 Å². The molecular formula is C10H15N3. The van der Waals surface area contributed by atoms with Crippen LogP contribution < -0.4 is 0 Å². The Kier molecular flexibility index (Phi) is 2.72. The van der Waals surface area contributed by atoms with Crippen LogP contribution in [0.5, 0.6) is 0 Å². The Labute approximate surface area is 79.0 Å². The molecule has 1 atom stereocenters. The van der Waals surface area contributed by atoms with Crippen molar-refractivity contribution >= 4 is 0 Å². The third-order valence-electron chi connectivity index (χ3n) is 2.13. The molecule has 0 aliphatic heterocycles. The van der Waals surface area contributed by atoms with E-state index in [0.29, 0.717) is 6.54 Å². The molecule has 0 N–H and O–H groups in total. The Balaban J connectivity index is 2.67. The van der Waals surface area contributed by atoms with Crippen molar-refractivity contribution in [3.05, 3.63) is 18.5 Å². The topological polar surface area (TPSA) is 41.6 Å². The first-order valence-corrected chi connectivity index (χ1v) is 4.41. The Morgan fingerprint density at radius 1 is 1.54 bits per heavy atom. The molecule has 0 saturated heterocycles. The van der Waals surface area contributed by atoms with Crippen LogP contribution in [0.4, 0.5) is 0 Å². The lowest BCUT2D eigenvalue weighted by atomic mass is 9.82. The van der Waals surface area contributed by atoms with Gasteiger partial charge in [-0.15, -0.1) is 0 Å². The summed E-state index contributed by atoms with van der Waals surface area (Å²) in [6.07, 6.45) is 3.62. The zero-order valence-corrected chi connectivity index (χ0v) is 8.36. The number of rotatable bonds is 2. The number of hydrogen-bond donors (Lipinski definition) is 0. The molecule has 1 unspecified atom stereocenters. The second kappa shape index (κ2) is 3.61. The summed E-state index contributed by atoms with van der Waals surface area (Å²) in [5.74, 6) is 0.00685. The van der Waals surface area contributed by atoms with Gasteiger partial charge in [0.05, 0.1) is 18.5 Å². The van der Waals surface area contributed by atoms with Crippen LogP contribution >= 0.6 is 0 Å². The molecule has 0 bridgehead atoms. The maximum Gasteiger partial charge on any atom is 0.0707 e. The third kappa shape index (κ3) is 2.59. The van der Waals surface area contributed by atoms with Gasteiger partial charge in [-0.05, 0) is 11.5 Å². The molecule has 0 aliphatic rings. The predicted octanol–water partition coefficient (Wildman–Crippen LogP) is 2.07. The van der Waals surface area contributed by atoms with Gasteiger partial charge in [-0.25, -0.2) is 0 Å². The van der Waals surface area contributed by atoms with Crippen LogP contribution in [-0.2, 0) is 6.54 Å². The van der Waals surface area contributed by atoms with Crippen LogP contribution in [-0.4, -0.2) is 9.78 Å². The summed E-state index contributed by atoms with van der Waals surface area (Å²) in [7, 11) is 0. The van der Waals surface area contributed by atoms with Gasteiger partial charge in [0.1, 0.15) is 0 Å². The van der Waals surface area contributed by atoms with Gasteiger partial charge in [0.25, 0.3) is 0 Å². The first-order chi connectivity index (χ1) is 6.04. The van der Waals surface area contributed by atoms with Crippen molar-refractivity contribution in [2.24, 2.45) is 11.3 Å². The molecule has 3 nitrogen and oxygen atoms in total. The van der Waals surface area contributed by atoms with Gasteiger partial charge in [0.2, 0.25) is 0 Å². The minimum absolute atomic E-state index is 0.00685. The number of aromatic nitrogens is 2. The molecular weight excluding hydrogens is 162 g/mol. The van der Waals surface area contributed by atoms with E-state index in [2.05, 4.69) is 31.9 Å². The number of nitrogens with zero attached hydrogens (tertiary/aromatic N) is 3. The monoisotopic (exact) mass is 177 g/mol. The fourth-order valence-electron chi connectivity index (χ4n) is 1.10. The SMILES string of the molecule is CC(C)(C)C(C#N)Cn1cccn1. The second-order valence-corrected chi connectivity index (χ2v) is 4.28. The van der Waals surface area contributed by atoms with Gasteiger partial charge in [-0.2, -0.15) is 10.4 Å². The van der Waals surface area contributed by atoms with E-state index in [1.165, 1.54) is 0 Å². The molecule has 0 spiro atoms. The van der Waals surface area contributed by atoms with E-state index in [-0.39, 0.29) is 11.3 Å². The van der Waals surface area contributed by atoms with E-state index in [1.807, 2.05) is 12.3 Å². The molecule has 0 aliphatic carbocycles. The van der Waals surface area contributed by atoms with E-state index in [1.54, 1.807) is 10.9 Å². The van der Waals surface area contributed by atoms with Crippen LogP contribution in [0, 0.1) is 22.7 Å². The van der Waals surface area contributed by atoms with Crippen molar-refractivity contribution in [2.45, 2.75) is 27.3 Å². The maximum atomic E-state index is 8.97. The summed E-state index contributed by atoms with van der Waals surface area (Å²) in [4.78, 5) is 0. The fourth-order valence-corrected chi connectivity index (χ4v) is 1.10. The Bertz CT molecular complexity index is 287. The highest BCUT2D eigenvalue weighted by atomic mass is 15.3. The van der Waals surface area contributed by atoms with E-state index >= 15 is 0 Å². The molecule has 3 heteroatoms. The lowest BCUT2D eigenvalue weighted by Gasteiger charge is -2.24. The van der Waals surface area contributed by atoms with Crippen molar-refractivity contribution < 1.29 is 0 Å². The molecule has 0 radical (unpaired) electrons. The van der Waals surface area contributed by atoms with Gasteiger partial charge >= 0.3 is 0 Å². The number of nitriles is 1. The fraction of sp³-hybridized carbons (Fsp3) is 0.600. The minimum atomic E-state index is 0.00685. The van der Waals surface area contributed by atoms with Crippen LogP contribution in [0.1, 0.15) is 20.8 Å². The Morgan fingerprint density at radius 3 is 2.62 bits per heavy atom. The lowest BCUT2D eigenvalue weighted by Crippen LogP contribution is -2.24. The van der Waals surface area contributed by atoms with Crippen LogP contribution in [0.2, 0.25) is 0 Å². The molecule has 13 heavy (non-hydrogen) atoms. The molecule has 1 aromatic heterocycles. The van der Waals surface area contributed by atoms with Crippen molar-refractivity contribution in [3.63, 3.8) is 0 Å². The van der Waals surface area contributed by atoms with E-state index in [4.69, 9.17) is 5.26 Å². The summed E-state index contributed by atoms with van der Waals surface area (Å²) in [5.41, 5.74) is 0.0146. The van der Waals surface area contributed by atoms with Gasteiger partial charge in [-0.1, -0.05) is 20.8 Å². The van der Waals surface area contributed by atoms with Crippen molar-refractivity contribution in [3.8, 4) is 6.07 Å². The third-order valence-corrected chi connectivity index (χ3v) is 2.13. The average molecular weight is 177 g/mol. The first kappa shape index (κ1) is 9.79. The standard InChI is InChI=1S/C10H15N3/c1-10(2,3)9(7-11)8-13-6-4-5-12-13/h4-6,9H,8H2,1-3H3. The highest BCUT2D eigenvalue weighted by molar-refractivity contribution is 4.92. The molecule has 0 amide bonds. The minimum Gasteiger partial charge on any atom is -0.271 e. The van der Waals surface area contributed by atoms with Gasteiger partial charge in [0.15, 0.2) is 0 Å². The van der Waals surface area contributed by atoms with E-state index < -0.39 is 0 Å². The summed E-state index contributed by atoms with van der Waals surface area (Å²) in [6, 6.07) is 4.19. The lowest BCUT2D eigenvalue weighted by molar-refractivity contribution is 0.263. The van der Waals surface area contributed by atoms with Gasteiger partial charge in [-0.3, -0.25) is 4.68 Å². The smallest absolute Gasteiger partial charge is 0.0707 e. The largest absolute Gasteiger partial charge is 0.271 e. The molecule has 0 fully saturated rings. The summed E-state index contributed by atoms with van der Waals surface area (Å²) in [6.45, 7) is 6.90. The van der Waals surface area contributed by atoms with Crippen molar-refractivity contribution in [2.75, 3.05) is 0 Å². The Hall–Kier alpha value is -1.30. The first-order valence-electron chi connectivity index (χ1n) is 4.41. The summed E-state index contributed by atoms with van der Waals surface area (Å²) < 4.78 is 1.80. The predicted molar refractivity (Wildman–Crippen MR) is 50.8 cm³/mol. The van der Waals surface area contributed by atoms with Gasteiger partial charge in [0, 0.05) is 12.4 Å². The zero-order valence-electron chi connectivity index (χ0n) is 8.36. The van der Waals surface area contributed by atoms with Gasteiger partial charge < -0.3 is 0 Å². The summed E-state index contributed by atoms with van der Waals surface area (Å²) >= 11 is 0. The average Bonchev–Trinajstić information content (AvgIpc) is 2.49. The molecule has 1 rings (SSSR count).